The summed E-state index contributed by atoms with van der Waals surface area (Å²) in [5.41, 5.74) is 1.73. The van der Waals surface area contributed by atoms with Crippen LogP contribution in [0.4, 0.5) is 14.6 Å². The number of anilines is 1. The molecular formula is C34H36F2N2O6. The average molecular weight is 607 g/mol. The van der Waals surface area contributed by atoms with E-state index in [9.17, 15) is 19.8 Å². The Morgan fingerprint density at radius 2 is 1.84 bits per heavy atom. The molecule has 3 saturated carbocycles. The van der Waals surface area contributed by atoms with Crippen LogP contribution < -0.4 is 5.73 Å². The fourth-order valence-electron chi connectivity index (χ4n) is 9.28. The number of carbonyl (C=O) groups is 2. The second kappa shape index (κ2) is 9.84. The van der Waals surface area contributed by atoms with Gasteiger partial charge in [-0.15, -0.1) is 0 Å². The van der Waals surface area contributed by atoms with E-state index in [0.717, 1.165) is 17.2 Å². The number of nitrogen functional groups attached to an aromatic ring is 1. The van der Waals surface area contributed by atoms with E-state index in [0.29, 0.717) is 17.8 Å². The van der Waals surface area contributed by atoms with Gasteiger partial charge in [0.2, 0.25) is 0 Å². The van der Waals surface area contributed by atoms with Gasteiger partial charge in [-0.2, -0.15) is 0 Å². The van der Waals surface area contributed by atoms with Crippen molar-refractivity contribution in [3.05, 3.63) is 83.1 Å². The van der Waals surface area contributed by atoms with Crippen molar-refractivity contribution < 1.29 is 38.1 Å². The highest BCUT2D eigenvalue weighted by Crippen LogP contribution is 2.72. The van der Waals surface area contributed by atoms with Crippen molar-refractivity contribution in [3.8, 4) is 0 Å². The SMILES string of the molecule is C[C@]12C=CC(=O)C=C1[C@@H](F)C[C@H]1C3C[C@H]4O[C@@H](c5ccc(Cc6ccc(N)nc6)cc5)O[C@@]4(C(=O)CO)[C@@]3(C)C[C@H](O)[C@@]12F. The van der Waals surface area contributed by atoms with E-state index in [4.69, 9.17) is 15.2 Å². The maximum Gasteiger partial charge on any atom is 0.193 e. The molecule has 1 aliphatic heterocycles. The van der Waals surface area contributed by atoms with Crippen LogP contribution in [0.15, 0.2) is 66.4 Å². The van der Waals surface area contributed by atoms with Gasteiger partial charge < -0.3 is 25.4 Å². The number of halogens is 2. The first kappa shape index (κ1) is 29.4. The number of rotatable bonds is 5. The highest BCUT2D eigenvalue weighted by Gasteiger charge is 2.80. The molecule has 2 aromatic rings. The zero-order valence-electron chi connectivity index (χ0n) is 24.6. The lowest BCUT2D eigenvalue weighted by Crippen LogP contribution is -2.70. The summed E-state index contributed by atoms with van der Waals surface area (Å²) < 4.78 is 46.3. The number of ketones is 2. The van der Waals surface area contributed by atoms with Crippen molar-refractivity contribution in [1.29, 1.82) is 0 Å². The van der Waals surface area contributed by atoms with Crippen molar-refractivity contribution in [2.45, 2.75) is 75.5 Å². The maximum absolute atomic E-state index is 17.5. The first-order chi connectivity index (χ1) is 20.9. The Kier molecular flexibility index (Phi) is 6.58. The normalized spacial score (nSPS) is 42.2. The number of benzene rings is 1. The predicted molar refractivity (Wildman–Crippen MR) is 155 cm³/mol. The second-order valence-corrected chi connectivity index (χ2v) is 13.5. The second-order valence-electron chi connectivity index (χ2n) is 13.5. The van der Waals surface area contributed by atoms with Gasteiger partial charge in [0.1, 0.15) is 18.6 Å². The van der Waals surface area contributed by atoms with E-state index in [1.165, 1.54) is 19.1 Å². The van der Waals surface area contributed by atoms with Crippen LogP contribution in [-0.2, 0) is 25.5 Å². The Balaban J connectivity index is 1.21. The lowest BCUT2D eigenvalue weighted by atomic mass is 9.44. The number of aliphatic hydroxyl groups excluding tert-OH is 2. The third-order valence-electron chi connectivity index (χ3n) is 11.4. The van der Waals surface area contributed by atoms with E-state index in [-0.39, 0.29) is 24.8 Å². The van der Waals surface area contributed by atoms with Crippen LogP contribution in [0, 0.1) is 22.7 Å². The molecule has 4 fully saturated rings. The maximum atomic E-state index is 17.5. The molecule has 0 radical (unpaired) electrons. The summed E-state index contributed by atoms with van der Waals surface area (Å²) in [6.07, 6.45) is 0.918. The number of pyridine rings is 1. The minimum Gasteiger partial charge on any atom is -0.390 e. The fourth-order valence-corrected chi connectivity index (χ4v) is 9.28. The van der Waals surface area contributed by atoms with Gasteiger partial charge in [-0.05, 0) is 73.4 Å². The summed E-state index contributed by atoms with van der Waals surface area (Å²) >= 11 is 0. The van der Waals surface area contributed by atoms with E-state index >= 15 is 8.78 Å². The zero-order chi connectivity index (χ0) is 31.2. The largest absolute Gasteiger partial charge is 0.390 e. The van der Waals surface area contributed by atoms with Gasteiger partial charge in [0.15, 0.2) is 29.1 Å². The van der Waals surface area contributed by atoms with Gasteiger partial charge in [-0.1, -0.05) is 43.3 Å². The van der Waals surface area contributed by atoms with Crippen LogP contribution in [0.5, 0.6) is 0 Å². The molecule has 10 atom stereocenters. The first-order valence-electron chi connectivity index (χ1n) is 15.1. The Labute approximate surface area is 254 Å². The van der Waals surface area contributed by atoms with Crippen LogP contribution in [0.2, 0.25) is 0 Å². The Bertz CT molecular complexity index is 1580. The number of alkyl halides is 2. The molecule has 44 heavy (non-hydrogen) atoms. The van der Waals surface area contributed by atoms with E-state index < -0.39 is 76.8 Å². The smallest absolute Gasteiger partial charge is 0.193 e. The molecule has 5 aliphatic rings. The number of aliphatic hydroxyl groups is 2. The molecule has 2 heterocycles. The molecule has 4 N–H and O–H groups in total. The van der Waals surface area contributed by atoms with Crippen LogP contribution in [-0.4, -0.2) is 63.0 Å². The standard InChI is InChI=1S/C34H36F2N2O6/c1-31-10-9-21(40)12-24(31)25(35)13-23-22-14-28-34(27(42)17-39,32(22,2)15-26(41)33(23,31)36)44-30(43-28)20-6-3-18(4-7-20)11-19-5-8-29(37)38-16-19/h3-10,12,16,22-23,25-26,28,30,39,41H,11,13-15,17H2,1-2H3,(H2,37,38)/t22?,23-,25-,26-,28+,30+,31-,32-,33-,34+/m0/s1. The molecule has 8 nitrogen and oxygen atoms in total. The van der Waals surface area contributed by atoms with Gasteiger partial charge in [-0.3, -0.25) is 9.59 Å². The van der Waals surface area contributed by atoms with Gasteiger partial charge in [0, 0.05) is 28.5 Å². The average Bonchev–Trinajstić information content (AvgIpc) is 3.50. The molecule has 0 bridgehead atoms. The highest BCUT2D eigenvalue weighted by molar-refractivity contribution is 6.01. The molecule has 1 aromatic heterocycles. The van der Waals surface area contributed by atoms with E-state index in [2.05, 4.69) is 4.98 Å². The van der Waals surface area contributed by atoms with Gasteiger partial charge in [0.05, 0.1) is 12.2 Å². The molecule has 232 valence electrons. The summed E-state index contributed by atoms with van der Waals surface area (Å²) in [5, 5.41) is 21.8. The van der Waals surface area contributed by atoms with Crippen LogP contribution in [0.3, 0.4) is 0 Å². The fraction of sp³-hybridized carbons (Fsp3) is 0.500. The first-order valence-corrected chi connectivity index (χ1v) is 15.1. The van der Waals surface area contributed by atoms with Crippen LogP contribution >= 0.6 is 0 Å². The number of allylic oxidation sites excluding steroid dienone is 4. The molecule has 1 aromatic carbocycles. The minimum atomic E-state index is -2.29. The number of ether oxygens (including phenoxy) is 2. The Hall–Kier alpha value is -3.31. The Morgan fingerprint density at radius 3 is 2.52 bits per heavy atom. The number of aromatic nitrogens is 1. The number of Topliss-reactive ketones (excluding diaryl/α,β-unsaturated/α-hetero) is 1. The molecule has 10 heteroatoms. The highest BCUT2D eigenvalue weighted by atomic mass is 19.1. The molecule has 0 spiro atoms. The van der Waals surface area contributed by atoms with Crippen molar-refractivity contribution in [2.24, 2.45) is 22.7 Å². The molecule has 1 saturated heterocycles. The van der Waals surface area contributed by atoms with Crippen molar-refractivity contribution >= 4 is 17.4 Å². The lowest BCUT2D eigenvalue weighted by Gasteiger charge is -2.63. The van der Waals surface area contributed by atoms with Crippen LogP contribution in [0.1, 0.15) is 56.1 Å². The van der Waals surface area contributed by atoms with Crippen molar-refractivity contribution in [1.82, 2.24) is 4.98 Å². The molecule has 0 amide bonds. The summed E-state index contributed by atoms with van der Waals surface area (Å²) in [4.78, 5) is 29.9. The number of nitrogens with zero attached hydrogens (tertiary/aromatic N) is 1. The van der Waals surface area contributed by atoms with Gasteiger partial charge >= 0.3 is 0 Å². The third kappa shape index (κ3) is 3.77. The van der Waals surface area contributed by atoms with Gasteiger partial charge in [-0.25, -0.2) is 13.8 Å². The molecule has 7 rings (SSSR count). The molecule has 4 aliphatic carbocycles. The Morgan fingerprint density at radius 1 is 1.11 bits per heavy atom. The third-order valence-corrected chi connectivity index (χ3v) is 11.4. The quantitative estimate of drug-likeness (QED) is 0.467. The lowest BCUT2D eigenvalue weighted by molar-refractivity contribution is -0.235. The summed E-state index contributed by atoms with van der Waals surface area (Å²) in [6.45, 7) is 2.48. The van der Waals surface area contributed by atoms with Gasteiger partial charge in [0.25, 0.3) is 0 Å². The predicted octanol–water partition coefficient (Wildman–Crippen LogP) is 3.90. The zero-order valence-corrected chi connectivity index (χ0v) is 24.6. The van der Waals surface area contributed by atoms with Crippen molar-refractivity contribution in [2.75, 3.05) is 12.3 Å². The minimum absolute atomic E-state index is 0.0365. The molecular weight excluding hydrogens is 570 g/mol. The summed E-state index contributed by atoms with van der Waals surface area (Å²) in [5.74, 6) is -2.17. The number of fused-ring (bicyclic) bond motifs is 7. The summed E-state index contributed by atoms with van der Waals surface area (Å²) in [7, 11) is 0. The number of nitrogens with two attached hydrogens (primary N) is 1. The summed E-state index contributed by atoms with van der Waals surface area (Å²) in [6, 6.07) is 11.2. The number of hydrogen-bond donors (Lipinski definition) is 3. The van der Waals surface area contributed by atoms with Crippen LogP contribution in [0.25, 0.3) is 0 Å². The van der Waals surface area contributed by atoms with Crippen molar-refractivity contribution in [3.63, 3.8) is 0 Å². The number of carbonyl (C=O) groups excluding carboxylic acids is 2. The molecule has 1 unspecified atom stereocenters. The van der Waals surface area contributed by atoms with E-state index in [1.54, 1.807) is 19.2 Å². The number of hydrogen-bond acceptors (Lipinski definition) is 8. The van der Waals surface area contributed by atoms with E-state index in [1.807, 2.05) is 30.3 Å². The topological polar surface area (TPSA) is 132 Å². The monoisotopic (exact) mass is 606 g/mol.